The molecule has 94 valence electrons. The minimum Gasteiger partial charge on any atom is -0.292 e. The molecule has 0 bridgehead atoms. The van der Waals surface area contributed by atoms with E-state index in [2.05, 4.69) is 5.10 Å². The van der Waals surface area contributed by atoms with Crippen LogP contribution in [0.15, 0.2) is 30.5 Å². The summed E-state index contributed by atoms with van der Waals surface area (Å²) in [6.45, 7) is 4.60. The lowest BCUT2D eigenvalue weighted by Crippen LogP contribution is -2.12. The molecule has 3 nitrogen and oxygen atoms in total. The SMILES string of the molecule is CCn1ncc(Cl)c1C(=O)Cc1ccc(C)cc1. The van der Waals surface area contributed by atoms with Crippen LogP contribution in [0.25, 0.3) is 0 Å². The Morgan fingerprint density at radius 2 is 2.00 bits per heavy atom. The molecule has 1 heterocycles. The molecule has 0 unspecified atom stereocenters. The monoisotopic (exact) mass is 262 g/mol. The van der Waals surface area contributed by atoms with Crippen LogP contribution in [0.3, 0.4) is 0 Å². The summed E-state index contributed by atoms with van der Waals surface area (Å²) in [6, 6.07) is 7.93. The van der Waals surface area contributed by atoms with E-state index in [1.165, 1.54) is 11.8 Å². The van der Waals surface area contributed by atoms with Crippen molar-refractivity contribution in [2.45, 2.75) is 26.8 Å². The van der Waals surface area contributed by atoms with Gasteiger partial charge in [-0.05, 0) is 19.4 Å². The molecule has 0 spiro atoms. The molecule has 0 aliphatic heterocycles. The number of rotatable bonds is 4. The topological polar surface area (TPSA) is 34.9 Å². The molecule has 0 saturated carbocycles. The Bertz CT molecular complexity index is 558. The number of carbonyl (C=O) groups is 1. The molecule has 2 aromatic rings. The highest BCUT2D eigenvalue weighted by Crippen LogP contribution is 2.18. The molecule has 0 N–H and O–H groups in total. The highest BCUT2D eigenvalue weighted by Gasteiger charge is 2.16. The molecule has 0 aliphatic carbocycles. The first-order valence-electron chi connectivity index (χ1n) is 5.92. The van der Waals surface area contributed by atoms with Gasteiger partial charge in [0.1, 0.15) is 5.69 Å². The first-order chi connectivity index (χ1) is 8.61. The van der Waals surface area contributed by atoms with E-state index >= 15 is 0 Å². The second kappa shape index (κ2) is 5.36. The summed E-state index contributed by atoms with van der Waals surface area (Å²) in [4.78, 5) is 12.2. The highest BCUT2D eigenvalue weighted by atomic mass is 35.5. The van der Waals surface area contributed by atoms with Crippen LogP contribution in [0.4, 0.5) is 0 Å². The first-order valence-corrected chi connectivity index (χ1v) is 6.29. The predicted molar refractivity (Wildman–Crippen MR) is 72.1 cm³/mol. The van der Waals surface area contributed by atoms with Crippen molar-refractivity contribution >= 4 is 17.4 Å². The van der Waals surface area contributed by atoms with Crippen molar-refractivity contribution in [2.24, 2.45) is 0 Å². The molecule has 0 radical (unpaired) electrons. The summed E-state index contributed by atoms with van der Waals surface area (Å²) in [5, 5.41) is 4.50. The van der Waals surface area contributed by atoms with Crippen LogP contribution in [0.1, 0.15) is 28.5 Å². The Kier molecular flexibility index (Phi) is 3.82. The van der Waals surface area contributed by atoms with Crippen molar-refractivity contribution in [1.29, 1.82) is 0 Å². The van der Waals surface area contributed by atoms with Crippen LogP contribution in [0, 0.1) is 6.92 Å². The zero-order chi connectivity index (χ0) is 13.1. The Morgan fingerprint density at radius 3 is 2.61 bits per heavy atom. The van der Waals surface area contributed by atoms with Gasteiger partial charge in [-0.25, -0.2) is 0 Å². The third-order valence-corrected chi connectivity index (χ3v) is 3.12. The lowest BCUT2D eigenvalue weighted by atomic mass is 10.1. The van der Waals surface area contributed by atoms with E-state index in [1.54, 1.807) is 4.68 Å². The van der Waals surface area contributed by atoms with E-state index in [-0.39, 0.29) is 5.78 Å². The molecule has 0 aliphatic rings. The summed E-state index contributed by atoms with van der Waals surface area (Å²) in [7, 11) is 0. The van der Waals surface area contributed by atoms with E-state index in [0.29, 0.717) is 23.7 Å². The van der Waals surface area contributed by atoms with Gasteiger partial charge in [0, 0.05) is 13.0 Å². The van der Waals surface area contributed by atoms with Crippen molar-refractivity contribution < 1.29 is 4.79 Å². The second-order valence-corrected chi connectivity index (χ2v) is 4.65. The molecule has 1 aromatic heterocycles. The molecule has 2 rings (SSSR count). The van der Waals surface area contributed by atoms with E-state index < -0.39 is 0 Å². The van der Waals surface area contributed by atoms with Gasteiger partial charge >= 0.3 is 0 Å². The average Bonchev–Trinajstić information content (AvgIpc) is 2.73. The maximum absolute atomic E-state index is 12.2. The van der Waals surface area contributed by atoms with Crippen LogP contribution < -0.4 is 0 Å². The Labute approximate surface area is 111 Å². The number of carbonyl (C=O) groups excluding carboxylic acids is 1. The van der Waals surface area contributed by atoms with Crippen LogP contribution in [-0.2, 0) is 13.0 Å². The lowest BCUT2D eigenvalue weighted by molar-refractivity contribution is 0.0983. The summed E-state index contributed by atoms with van der Waals surface area (Å²) in [5.74, 6) is 0.00297. The van der Waals surface area contributed by atoms with Gasteiger partial charge in [-0.2, -0.15) is 5.10 Å². The maximum atomic E-state index is 12.2. The van der Waals surface area contributed by atoms with Gasteiger partial charge in [0.2, 0.25) is 0 Å². The van der Waals surface area contributed by atoms with Gasteiger partial charge in [-0.1, -0.05) is 41.4 Å². The Balaban J connectivity index is 2.21. The summed E-state index contributed by atoms with van der Waals surface area (Å²) in [5.41, 5.74) is 2.67. The van der Waals surface area contributed by atoms with E-state index in [0.717, 1.165) is 5.56 Å². The minimum atomic E-state index is 0.00297. The number of benzene rings is 1. The van der Waals surface area contributed by atoms with Crippen molar-refractivity contribution in [3.05, 3.63) is 52.3 Å². The van der Waals surface area contributed by atoms with Crippen LogP contribution >= 0.6 is 11.6 Å². The van der Waals surface area contributed by atoms with Crippen molar-refractivity contribution in [1.82, 2.24) is 9.78 Å². The maximum Gasteiger partial charge on any atom is 0.186 e. The quantitative estimate of drug-likeness (QED) is 0.793. The van der Waals surface area contributed by atoms with Gasteiger partial charge in [0.25, 0.3) is 0 Å². The molecule has 0 amide bonds. The largest absolute Gasteiger partial charge is 0.292 e. The molecule has 1 aromatic carbocycles. The van der Waals surface area contributed by atoms with E-state index in [1.807, 2.05) is 38.1 Å². The normalized spacial score (nSPS) is 10.6. The Morgan fingerprint density at radius 1 is 1.33 bits per heavy atom. The number of nitrogens with zero attached hydrogens (tertiary/aromatic N) is 2. The van der Waals surface area contributed by atoms with Crippen LogP contribution in [0.2, 0.25) is 5.02 Å². The third-order valence-electron chi connectivity index (χ3n) is 2.84. The number of hydrogen-bond acceptors (Lipinski definition) is 2. The fourth-order valence-corrected chi connectivity index (χ4v) is 2.10. The van der Waals surface area contributed by atoms with Gasteiger partial charge in [-0.3, -0.25) is 9.48 Å². The number of hydrogen-bond donors (Lipinski definition) is 0. The molecular weight excluding hydrogens is 248 g/mol. The van der Waals surface area contributed by atoms with Crippen molar-refractivity contribution in [2.75, 3.05) is 0 Å². The highest BCUT2D eigenvalue weighted by molar-refractivity contribution is 6.33. The number of ketones is 1. The van der Waals surface area contributed by atoms with Gasteiger partial charge in [-0.15, -0.1) is 0 Å². The minimum absolute atomic E-state index is 0.00297. The fraction of sp³-hybridized carbons (Fsp3) is 0.286. The van der Waals surface area contributed by atoms with Crippen LogP contribution in [0.5, 0.6) is 0 Å². The number of aromatic nitrogens is 2. The summed E-state index contributed by atoms with van der Waals surface area (Å²) in [6.07, 6.45) is 1.87. The average molecular weight is 263 g/mol. The number of Topliss-reactive ketones (excluding diaryl/α,β-unsaturated/α-hetero) is 1. The first kappa shape index (κ1) is 12.8. The second-order valence-electron chi connectivity index (χ2n) is 4.24. The fourth-order valence-electron chi connectivity index (χ4n) is 1.85. The third kappa shape index (κ3) is 2.62. The summed E-state index contributed by atoms with van der Waals surface area (Å²) >= 11 is 6.01. The van der Waals surface area contributed by atoms with Gasteiger partial charge in [0.15, 0.2) is 5.78 Å². The zero-order valence-corrected chi connectivity index (χ0v) is 11.2. The van der Waals surface area contributed by atoms with Crippen molar-refractivity contribution in [3.8, 4) is 0 Å². The summed E-state index contributed by atoms with van der Waals surface area (Å²) < 4.78 is 1.64. The van der Waals surface area contributed by atoms with Gasteiger partial charge < -0.3 is 0 Å². The number of halogens is 1. The van der Waals surface area contributed by atoms with E-state index in [9.17, 15) is 4.79 Å². The molecular formula is C14H15ClN2O. The van der Waals surface area contributed by atoms with Crippen LogP contribution in [-0.4, -0.2) is 15.6 Å². The van der Waals surface area contributed by atoms with Gasteiger partial charge in [0.05, 0.1) is 11.2 Å². The molecule has 4 heteroatoms. The van der Waals surface area contributed by atoms with E-state index in [4.69, 9.17) is 11.6 Å². The predicted octanol–water partition coefficient (Wildman–Crippen LogP) is 3.29. The lowest BCUT2D eigenvalue weighted by Gasteiger charge is -2.05. The smallest absolute Gasteiger partial charge is 0.186 e. The molecule has 18 heavy (non-hydrogen) atoms. The Hall–Kier alpha value is -1.61. The standard InChI is InChI=1S/C14H15ClN2O/c1-3-17-14(12(15)9-16-17)13(18)8-11-6-4-10(2)5-7-11/h4-7,9H,3,8H2,1-2H3. The molecule has 0 atom stereocenters. The molecule has 0 saturated heterocycles. The number of aryl methyl sites for hydroxylation is 2. The zero-order valence-electron chi connectivity index (χ0n) is 10.5. The molecule has 0 fully saturated rings. The van der Waals surface area contributed by atoms with Crippen molar-refractivity contribution in [3.63, 3.8) is 0 Å².